The van der Waals surface area contributed by atoms with Crippen LogP contribution in [0.15, 0.2) is 54.1 Å². The van der Waals surface area contributed by atoms with E-state index in [2.05, 4.69) is 105 Å². The van der Waals surface area contributed by atoms with Crippen molar-refractivity contribution in [2.75, 3.05) is 6.61 Å². The van der Waals surface area contributed by atoms with Gasteiger partial charge in [-0.2, -0.15) is 0 Å². The number of allylic oxidation sites excluding steroid dienone is 2. The van der Waals surface area contributed by atoms with Crippen LogP contribution in [0.1, 0.15) is 66.9 Å². The van der Waals surface area contributed by atoms with Gasteiger partial charge in [0.15, 0.2) is 16.6 Å². The van der Waals surface area contributed by atoms with E-state index in [1.807, 2.05) is 18.2 Å². The molecule has 0 saturated carbocycles. The molecule has 0 aliphatic rings. The first-order chi connectivity index (χ1) is 16.5. The maximum Gasteiger partial charge on any atom is 0.193 e. The van der Waals surface area contributed by atoms with Crippen LogP contribution in [0.25, 0.3) is 0 Å². The number of hydrogen-bond acceptors (Lipinski definition) is 4. The molecule has 204 valence electrons. The Morgan fingerprint density at radius 1 is 0.889 bits per heavy atom. The number of benzene rings is 1. The van der Waals surface area contributed by atoms with Crippen molar-refractivity contribution in [2.24, 2.45) is 0 Å². The van der Waals surface area contributed by atoms with Crippen LogP contribution in [-0.4, -0.2) is 41.7 Å². The fourth-order valence-electron chi connectivity index (χ4n) is 3.03. The van der Waals surface area contributed by atoms with Gasteiger partial charge in [-0.05, 0) is 61.6 Å². The van der Waals surface area contributed by atoms with Gasteiger partial charge in [-0.15, -0.1) is 0 Å². The summed E-state index contributed by atoms with van der Waals surface area (Å²) < 4.78 is 19.0. The zero-order valence-electron chi connectivity index (χ0n) is 24.8. The van der Waals surface area contributed by atoms with Crippen LogP contribution in [0.4, 0.5) is 0 Å². The smallest absolute Gasteiger partial charge is 0.193 e. The molecule has 0 N–H and O–H groups in total. The van der Waals surface area contributed by atoms with Gasteiger partial charge in [-0.25, -0.2) is 0 Å². The van der Waals surface area contributed by atoms with E-state index in [0.29, 0.717) is 19.6 Å². The van der Waals surface area contributed by atoms with Crippen molar-refractivity contribution in [3.05, 3.63) is 59.7 Å². The van der Waals surface area contributed by atoms with Gasteiger partial charge in [0.1, 0.15) is 12.4 Å². The number of rotatable bonds is 14. The fraction of sp³-hybridized carbons (Fsp3) is 0.633. The van der Waals surface area contributed by atoms with Gasteiger partial charge in [-0.3, -0.25) is 0 Å². The van der Waals surface area contributed by atoms with Crippen molar-refractivity contribution in [1.29, 1.82) is 0 Å². The number of hydrogen-bond donors (Lipinski definition) is 0. The third-order valence-corrected chi connectivity index (χ3v) is 16.6. The lowest BCUT2D eigenvalue weighted by Crippen LogP contribution is -2.44. The summed E-state index contributed by atoms with van der Waals surface area (Å²) >= 11 is 0. The molecule has 0 fully saturated rings. The van der Waals surface area contributed by atoms with Crippen LogP contribution < -0.4 is 0 Å². The van der Waals surface area contributed by atoms with Crippen LogP contribution in [0.3, 0.4) is 0 Å². The topological polar surface area (TPSA) is 44.8 Å². The normalized spacial score (nSPS) is 15.8. The second-order valence-corrected chi connectivity index (χ2v) is 22.4. The quantitative estimate of drug-likeness (QED) is 0.104. The van der Waals surface area contributed by atoms with E-state index in [0.717, 1.165) is 18.3 Å². The van der Waals surface area contributed by atoms with Gasteiger partial charge < -0.3 is 18.4 Å². The Morgan fingerprint density at radius 2 is 1.42 bits per heavy atom. The molecule has 0 amide bonds. The summed E-state index contributed by atoms with van der Waals surface area (Å²) in [5.74, 6) is 0. The highest BCUT2D eigenvalue weighted by atomic mass is 28.4. The molecule has 1 aromatic carbocycles. The van der Waals surface area contributed by atoms with Crippen molar-refractivity contribution in [2.45, 2.75) is 116 Å². The lowest BCUT2D eigenvalue weighted by atomic mass is 10.1. The highest BCUT2D eigenvalue weighted by molar-refractivity contribution is 6.74. The molecule has 0 unspecified atom stereocenters. The molecular formula is C30H52O4Si2. The summed E-state index contributed by atoms with van der Waals surface area (Å²) in [6.07, 6.45) is 8.27. The molecule has 0 bridgehead atoms. The molecule has 1 rings (SSSR count). The maximum absolute atomic E-state index is 11.7. The molecule has 0 radical (unpaired) electrons. The largest absolute Gasteiger partial charge is 0.410 e. The number of carbonyl (C=O) groups excluding carboxylic acids is 1. The lowest BCUT2D eigenvalue weighted by Gasteiger charge is -2.38. The molecule has 0 heterocycles. The van der Waals surface area contributed by atoms with Gasteiger partial charge in [0.05, 0.1) is 12.7 Å². The van der Waals surface area contributed by atoms with Crippen LogP contribution >= 0.6 is 0 Å². The van der Waals surface area contributed by atoms with Gasteiger partial charge in [0, 0.05) is 6.61 Å². The summed E-state index contributed by atoms with van der Waals surface area (Å²) in [4.78, 5) is 11.7. The predicted octanol–water partition coefficient (Wildman–Crippen LogP) is 8.47. The average molecular weight is 533 g/mol. The Morgan fingerprint density at radius 3 is 1.92 bits per heavy atom. The maximum atomic E-state index is 11.7. The molecular weight excluding hydrogens is 480 g/mol. The van der Waals surface area contributed by atoms with E-state index in [9.17, 15) is 4.79 Å². The fourth-order valence-corrected chi connectivity index (χ4v) is 5.60. The van der Waals surface area contributed by atoms with E-state index < -0.39 is 22.7 Å². The molecule has 36 heavy (non-hydrogen) atoms. The molecule has 4 nitrogen and oxygen atoms in total. The van der Waals surface area contributed by atoms with Crippen molar-refractivity contribution < 1.29 is 18.4 Å². The van der Waals surface area contributed by atoms with Crippen LogP contribution in [0.2, 0.25) is 36.3 Å². The van der Waals surface area contributed by atoms with Gasteiger partial charge in [-0.1, -0.05) is 95.7 Å². The second-order valence-electron chi connectivity index (χ2n) is 12.8. The molecule has 0 aliphatic heterocycles. The minimum atomic E-state index is -1.99. The standard InChI is InChI=1S/C30H52O4Si2/c1-25(18-20-28(23-31)34-36(10,11)30(5,6)7)17-19-27(33-35(8,9)29(2,3)4)21-22-32-24-26-15-13-12-14-16-26/h12-19,23,27-28H,20-22,24H2,1-11H3/b19-17+,25-18+/t27-,28+/m1/s1. The van der Waals surface area contributed by atoms with Crippen LogP contribution in [-0.2, 0) is 25.0 Å². The molecule has 2 atom stereocenters. The van der Waals surface area contributed by atoms with Crippen molar-refractivity contribution >= 4 is 22.9 Å². The van der Waals surface area contributed by atoms with E-state index in [1.165, 1.54) is 5.56 Å². The van der Waals surface area contributed by atoms with Crippen molar-refractivity contribution in [3.63, 3.8) is 0 Å². The third kappa shape index (κ3) is 11.4. The first kappa shape index (κ1) is 32.7. The minimum Gasteiger partial charge on any atom is -0.410 e. The number of aldehydes is 1. The van der Waals surface area contributed by atoms with Crippen molar-refractivity contribution in [3.8, 4) is 0 Å². The Hall–Kier alpha value is -1.32. The zero-order chi connectivity index (χ0) is 27.6. The van der Waals surface area contributed by atoms with Gasteiger partial charge >= 0.3 is 0 Å². The lowest BCUT2D eigenvalue weighted by molar-refractivity contribution is -0.114. The van der Waals surface area contributed by atoms with E-state index in [4.69, 9.17) is 13.6 Å². The summed E-state index contributed by atoms with van der Waals surface area (Å²) in [6.45, 7) is 25.6. The van der Waals surface area contributed by atoms with Crippen LogP contribution in [0, 0.1) is 0 Å². The van der Waals surface area contributed by atoms with Gasteiger partial charge in [0.2, 0.25) is 0 Å². The Bertz CT molecular complexity index is 846. The minimum absolute atomic E-state index is 0.0182. The number of carbonyl (C=O) groups is 1. The SMILES string of the molecule is CC(/C=C/[C@H](CCOCc1ccccc1)O[Si](C)(C)C(C)(C)C)=C\C[C@@H](C=O)O[Si](C)(C)C(C)(C)C. The first-order valence-corrected chi connectivity index (χ1v) is 19.1. The number of ether oxygens (including phenoxy) is 1. The Labute approximate surface area is 223 Å². The van der Waals surface area contributed by atoms with Crippen LogP contribution in [0.5, 0.6) is 0 Å². The summed E-state index contributed by atoms with van der Waals surface area (Å²) in [7, 11) is -3.93. The Kier molecular flexibility index (Phi) is 12.7. The summed E-state index contributed by atoms with van der Waals surface area (Å²) in [5, 5.41) is 0.205. The zero-order valence-corrected chi connectivity index (χ0v) is 26.8. The van der Waals surface area contributed by atoms with Crippen molar-refractivity contribution in [1.82, 2.24) is 0 Å². The molecule has 0 aliphatic carbocycles. The van der Waals surface area contributed by atoms with E-state index >= 15 is 0 Å². The van der Waals surface area contributed by atoms with E-state index in [1.54, 1.807) is 0 Å². The highest BCUT2D eigenvalue weighted by Crippen LogP contribution is 2.38. The van der Waals surface area contributed by atoms with E-state index in [-0.39, 0.29) is 16.2 Å². The third-order valence-electron chi connectivity index (χ3n) is 7.56. The van der Waals surface area contributed by atoms with Gasteiger partial charge in [0.25, 0.3) is 0 Å². The predicted molar refractivity (Wildman–Crippen MR) is 158 cm³/mol. The molecule has 0 saturated heterocycles. The first-order valence-electron chi connectivity index (χ1n) is 13.3. The average Bonchev–Trinajstić information content (AvgIpc) is 2.76. The molecule has 0 aromatic heterocycles. The molecule has 1 aromatic rings. The summed E-state index contributed by atoms with van der Waals surface area (Å²) in [5.41, 5.74) is 2.29. The Balaban J connectivity index is 2.84. The summed E-state index contributed by atoms with van der Waals surface area (Å²) in [6, 6.07) is 10.3. The molecule has 6 heteroatoms. The monoisotopic (exact) mass is 532 g/mol. The highest BCUT2D eigenvalue weighted by Gasteiger charge is 2.39. The second kappa shape index (κ2) is 14.0. The molecule has 0 spiro atoms.